The first-order chi connectivity index (χ1) is 15.0. The fourth-order valence-electron chi connectivity index (χ4n) is 4.16. The summed E-state index contributed by atoms with van der Waals surface area (Å²) in [4.78, 5) is 29.0. The molecule has 1 saturated carbocycles. The van der Waals surface area contributed by atoms with Gasteiger partial charge >= 0.3 is 5.97 Å². The van der Waals surface area contributed by atoms with Gasteiger partial charge < -0.3 is 14.8 Å². The number of rotatable bonds is 7. The van der Waals surface area contributed by atoms with Crippen LogP contribution in [-0.4, -0.2) is 42.1 Å². The summed E-state index contributed by atoms with van der Waals surface area (Å²) in [6.45, 7) is 0.342. The summed E-state index contributed by atoms with van der Waals surface area (Å²) in [5.74, 6) is 0.480. The summed E-state index contributed by atoms with van der Waals surface area (Å²) in [5.41, 5.74) is 6.93. The smallest absolute Gasteiger partial charge is 0.324 e. The average Bonchev–Trinajstić information content (AvgIpc) is 3.39. The Labute approximate surface area is 189 Å². The average molecular weight is 465 g/mol. The molecule has 1 aromatic carbocycles. The van der Waals surface area contributed by atoms with E-state index in [1.165, 1.54) is 18.4 Å². The molecular formula is C21H25ClN4O4S. The van der Waals surface area contributed by atoms with Crippen LogP contribution in [0.15, 0.2) is 29.6 Å². The molecule has 8 nitrogen and oxygen atoms in total. The van der Waals surface area contributed by atoms with Crippen molar-refractivity contribution >= 4 is 34.8 Å². The van der Waals surface area contributed by atoms with E-state index in [0.717, 1.165) is 35.7 Å². The lowest BCUT2D eigenvalue weighted by Gasteiger charge is -2.32. The van der Waals surface area contributed by atoms with Gasteiger partial charge in [0.2, 0.25) is 5.91 Å². The van der Waals surface area contributed by atoms with Crippen molar-refractivity contribution in [3.63, 3.8) is 0 Å². The van der Waals surface area contributed by atoms with Gasteiger partial charge in [-0.05, 0) is 43.5 Å². The Kier molecular flexibility index (Phi) is 7.06. The highest BCUT2D eigenvalue weighted by Crippen LogP contribution is 2.31. The van der Waals surface area contributed by atoms with E-state index < -0.39 is 0 Å². The molecule has 3 N–H and O–H groups in total. The number of halogens is 1. The molecule has 1 amide bonds. The Morgan fingerprint density at radius 1 is 1.26 bits per heavy atom. The van der Waals surface area contributed by atoms with Crippen molar-refractivity contribution in [2.24, 2.45) is 5.92 Å². The van der Waals surface area contributed by atoms with Gasteiger partial charge in [0.25, 0.3) is 0 Å². The van der Waals surface area contributed by atoms with Crippen LogP contribution in [0.25, 0.3) is 0 Å². The molecular weight excluding hydrogens is 440 g/mol. The van der Waals surface area contributed by atoms with Crippen molar-refractivity contribution in [2.45, 2.75) is 50.4 Å². The number of carbonyl (C=O) groups is 2. The number of benzene rings is 1. The highest BCUT2D eigenvalue weighted by Gasteiger charge is 2.44. The zero-order valence-electron chi connectivity index (χ0n) is 17.1. The summed E-state index contributed by atoms with van der Waals surface area (Å²) in [6.07, 6.45) is 2.71. The zero-order valence-corrected chi connectivity index (χ0v) is 18.7. The number of ether oxygens (including phenoxy) is 2. The molecule has 0 bridgehead atoms. The van der Waals surface area contributed by atoms with Gasteiger partial charge in [0, 0.05) is 28.4 Å². The van der Waals surface area contributed by atoms with E-state index in [2.05, 4.69) is 21.2 Å². The second-order valence-corrected chi connectivity index (χ2v) is 9.17. The lowest BCUT2D eigenvalue weighted by molar-refractivity contribution is -0.144. The van der Waals surface area contributed by atoms with Gasteiger partial charge in [0.15, 0.2) is 0 Å². The molecule has 1 saturated heterocycles. The van der Waals surface area contributed by atoms with E-state index in [1.807, 2.05) is 5.38 Å². The second-order valence-electron chi connectivity index (χ2n) is 7.79. The van der Waals surface area contributed by atoms with Crippen LogP contribution < -0.4 is 20.9 Å². The summed E-state index contributed by atoms with van der Waals surface area (Å²) in [6, 6.07) is 7.03. The topological polar surface area (TPSA) is 102 Å². The monoisotopic (exact) mass is 464 g/mol. The maximum atomic E-state index is 12.6. The van der Waals surface area contributed by atoms with E-state index in [0.29, 0.717) is 11.6 Å². The molecule has 4 rings (SSSR count). The van der Waals surface area contributed by atoms with Crippen LogP contribution in [0.1, 0.15) is 30.0 Å². The van der Waals surface area contributed by atoms with Gasteiger partial charge in [-0.1, -0.05) is 11.6 Å². The third kappa shape index (κ3) is 5.54. The SMILES string of the molecule is COC(=O)C1NNC2CCC(NC(=O)Cc3csc(COc4ccc(Cl)cc4)n3)CC21. The third-order valence-corrected chi connectivity index (χ3v) is 6.81. The Morgan fingerprint density at radius 2 is 2.06 bits per heavy atom. The van der Waals surface area contributed by atoms with Crippen molar-refractivity contribution in [1.29, 1.82) is 0 Å². The number of nitrogens with one attached hydrogen (secondary N) is 3. The van der Waals surface area contributed by atoms with Gasteiger partial charge in [-0.2, -0.15) is 0 Å². The molecule has 2 fully saturated rings. The number of hydrogen-bond acceptors (Lipinski definition) is 8. The summed E-state index contributed by atoms with van der Waals surface area (Å²) in [5, 5.41) is 6.45. The Bertz CT molecular complexity index is 922. The zero-order chi connectivity index (χ0) is 21.8. The number of hydrazine groups is 1. The molecule has 31 heavy (non-hydrogen) atoms. The number of aromatic nitrogens is 1. The predicted octanol–water partition coefficient (Wildman–Crippen LogP) is 2.22. The molecule has 2 aromatic rings. The van der Waals surface area contributed by atoms with Gasteiger partial charge in [-0.25, -0.2) is 10.4 Å². The normalized spacial score (nSPS) is 25.0. The predicted molar refractivity (Wildman–Crippen MR) is 117 cm³/mol. The molecule has 0 radical (unpaired) electrons. The molecule has 1 aromatic heterocycles. The molecule has 2 aliphatic rings. The number of carbonyl (C=O) groups excluding carboxylic acids is 2. The van der Waals surface area contributed by atoms with Gasteiger partial charge in [0.1, 0.15) is 23.4 Å². The number of methoxy groups -OCH3 is 1. The van der Waals surface area contributed by atoms with Crippen LogP contribution in [0.3, 0.4) is 0 Å². The number of esters is 1. The first-order valence-corrected chi connectivity index (χ1v) is 11.5. The lowest BCUT2D eigenvalue weighted by atomic mass is 9.79. The number of hydrogen-bond donors (Lipinski definition) is 3. The summed E-state index contributed by atoms with van der Waals surface area (Å²) < 4.78 is 10.6. The Morgan fingerprint density at radius 3 is 2.84 bits per heavy atom. The van der Waals surface area contributed by atoms with E-state index in [9.17, 15) is 9.59 Å². The largest absolute Gasteiger partial charge is 0.486 e. The van der Waals surface area contributed by atoms with Gasteiger partial charge in [0.05, 0.1) is 19.2 Å². The van der Waals surface area contributed by atoms with E-state index in [4.69, 9.17) is 21.1 Å². The Balaban J connectivity index is 1.25. The molecule has 2 heterocycles. The minimum absolute atomic E-state index is 0.0361. The summed E-state index contributed by atoms with van der Waals surface area (Å²) >= 11 is 7.34. The van der Waals surface area contributed by atoms with Crippen molar-refractivity contribution in [3.8, 4) is 5.75 Å². The van der Waals surface area contributed by atoms with E-state index >= 15 is 0 Å². The van der Waals surface area contributed by atoms with Gasteiger partial charge in [-0.3, -0.25) is 15.0 Å². The molecule has 1 aliphatic heterocycles. The van der Waals surface area contributed by atoms with Crippen molar-refractivity contribution in [3.05, 3.63) is 45.4 Å². The maximum Gasteiger partial charge on any atom is 0.324 e. The Hall–Kier alpha value is -2.20. The molecule has 166 valence electrons. The lowest BCUT2D eigenvalue weighted by Crippen LogP contribution is -2.46. The minimum Gasteiger partial charge on any atom is -0.486 e. The second kappa shape index (κ2) is 9.95. The molecule has 4 unspecified atom stereocenters. The molecule has 10 heteroatoms. The molecule has 4 atom stereocenters. The van der Waals surface area contributed by atoms with E-state index in [1.54, 1.807) is 24.3 Å². The fraction of sp³-hybridized carbons (Fsp3) is 0.476. The number of amides is 1. The third-order valence-electron chi connectivity index (χ3n) is 5.69. The van der Waals surface area contributed by atoms with Crippen LogP contribution in [0.5, 0.6) is 5.75 Å². The van der Waals surface area contributed by atoms with Crippen LogP contribution in [-0.2, 0) is 27.4 Å². The van der Waals surface area contributed by atoms with Crippen LogP contribution in [0, 0.1) is 5.92 Å². The first kappa shape index (κ1) is 22.0. The van der Waals surface area contributed by atoms with Crippen molar-refractivity contribution in [2.75, 3.05) is 7.11 Å². The van der Waals surface area contributed by atoms with Gasteiger partial charge in [-0.15, -0.1) is 11.3 Å². The van der Waals surface area contributed by atoms with E-state index in [-0.39, 0.29) is 42.3 Å². The first-order valence-electron chi connectivity index (χ1n) is 10.2. The maximum absolute atomic E-state index is 12.6. The van der Waals surface area contributed by atoms with Crippen LogP contribution >= 0.6 is 22.9 Å². The number of thiazole rings is 1. The van der Waals surface area contributed by atoms with Crippen LogP contribution in [0.2, 0.25) is 5.02 Å². The van der Waals surface area contributed by atoms with Crippen LogP contribution in [0.4, 0.5) is 0 Å². The highest BCUT2D eigenvalue weighted by molar-refractivity contribution is 7.09. The summed E-state index contributed by atoms with van der Waals surface area (Å²) in [7, 11) is 1.39. The van der Waals surface area contributed by atoms with Crippen molar-refractivity contribution in [1.82, 2.24) is 21.2 Å². The molecule has 0 spiro atoms. The van der Waals surface area contributed by atoms with Crippen molar-refractivity contribution < 1.29 is 19.1 Å². The quantitative estimate of drug-likeness (QED) is 0.540. The standard InChI is InChI=1S/C21H25ClN4O4S/c1-29-21(28)20-16-8-13(4-7-17(16)25-26-20)23-18(27)9-14-11-31-19(24-14)10-30-15-5-2-12(22)3-6-15/h2-3,5-6,11,13,16-17,20,25-26H,4,7-10H2,1H3,(H,23,27). The fourth-order valence-corrected chi connectivity index (χ4v) is 5.00. The number of nitrogens with zero attached hydrogens (tertiary/aromatic N) is 1. The molecule has 1 aliphatic carbocycles. The highest BCUT2D eigenvalue weighted by atomic mass is 35.5. The minimum atomic E-state index is -0.378. The number of fused-ring (bicyclic) bond motifs is 1.